The molecule has 8 nitrogen and oxygen atoms in total. The average Bonchev–Trinajstić information content (AvgIpc) is 2.08. The van der Waals surface area contributed by atoms with Crippen LogP contribution in [0.15, 0.2) is 0 Å². The molecule has 0 saturated heterocycles. The van der Waals surface area contributed by atoms with Gasteiger partial charge in [0.25, 0.3) is 4.20 Å². The van der Waals surface area contributed by atoms with Crippen molar-refractivity contribution in [3.05, 3.63) is 0 Å². The van der Waals surface area contributed by atoms with Crippen LogP contribution in [0.25, 0.3) is 0 Å². The first-order chi connectivity index (χ1) is 6.98. The Labute approximate surface area is 214 Å². The van der Waals surface area contributed by atoms with Crippen LogP contribution >= 0.6 is 0 Å². The van der Waals surface area contributed by atoms with Crippen LogP contribution < -0.4 is 130 Å². The van der Waals surface area contributed by atoms with E-state index in [1.165, 1.54) is 0 Å². The van der Waals surface area contributed by atoms with E-state index in [0.29, 0.717) is 12.8 Å². The maximum Gasteiger partial charge on any atom is 1.00 e. The van der Waals surface area contributed by atoms with Crippen LogP contribution in [0.4, 0.5) is 0 Å². The molecule has 0 radical (unpaired) electrons. The van der Waals surface area contributed by atoms with Crippen LogP contribution in [0.1, 0.15) is 31.9 Å². The van der Waals surface area contributed by atoms with E-state index in [1.54, 1.807) is 6.92 Å². The Bertz CT molecular complexity index is 426. The molecule has 0 heterocycles. The summed E-state index contributed by atoms with van der Waals surface area (Å²) in [6, 6.07) is -1.61. The van der Waals surface area contributed by atoms with Gasteiger partial charge in [-0.25, -0.2) is 0 Å². The smallest absolute Gasteiger partial charge is 1.00 e. The molecule has 0 amide bonds. The third kappa shape index (κ3) is 9.28. The minimum Gasteiger partial charge on any atom is -1.00 e. The van der Waals surface area contributed by atoms with Crippen molar-refractivity contribution in [1.82, 2.24) is 0 Å². The molecule has 0 aromatic carbocycles. The van der Waals surface area contributed by atoms with Gasteiger partial charge in [0.2, 0.25) is 0 Å². The monoisotopic (exact) mass is 372 g/mol. The standard InChI is InChI=1S/C6H16N2O6S2.4Na.4H/c1-2-3-4-5(7)6(8,15(9,10)11)16(12,13)14;;;;;;;;/h5H,2-4,7-8H2,1H3,(H,9,10,11)(H,12,13,14);;;;;;;;/q;4*+1;4*-1. The Hall–Kier alpha value is 3.74. The number of hydrogen-bond acceptors (Lipinski definition) is 6. The first kappa shape index (κ1) is 35.0. The fourth-order valence-electron chi connectivity index (χ4n) is 1.14. The van der Waals surface area contributed by atoms with E-state index in [4.69, 9.17) is 20.6 Å². The number of hydrogen-bond donors (Lipinski definition) is 4. The summed E-state index contributed by atoms with van der Waals surface area (Å²) in [5.74, 6) is 0. The van der Waals surface area contributed by atoms with Crippen LogP contribution in [-0.2, 0) is 20.2 Å². The van der Waals surface area contributed by atoms with Crippen LogP contribution in [-0.4, -0.2) is 36.2 Å². The molecule has 0 aliphatic rings. The second-order valence-corrected chi connectivity index (χ2v) is 6.93. The Kier molecular flexibility index (Phi) is 24.4. The van der Waals surface area contributed by atoms with E-state index in [2.05, 4.69) is 0 Å². The van der Waals surface area contributed by atoms with Gasteiger partial charge >= 0.3 is 138 Å². The van der Waals surface area contributed by atoms with Crippen molar-refractivity contribution >= 4 is 20.2 Å². The summed E-state index contributed by atoms with van der Waals surface area (Å²) in [6.45, 7) is 1.77. The summed E-state index contributed by atoms with van der Waals surface area (Å²) in [6.07, 6.45) is 0.971. The molecule has 0 aliphatic carbocycles. The van der Waals surface area contributed by atoms with Crippen molar-refractivity contribution in [1.29, 1.82) is 0 Å². The molecule has 0 bridgehead atoms. The maximum atomic E-state index is 10.9. The molecule has 0 aromatic heterocycles. The first-order valence-corrected chi connectivity index (χ1v) is 7.35. The van der Waals surface area contributed by atoms with Crippen molar-refractivity contribution < 1.29 is 150 Å². The van der Waals surface area contributed by atoms with Crippen molar-refractivity contribution in [3.8, 4) is 0 Å². The van der Waals surface area contributed by atoms with E-state index in [-0.39, 0.29) is 130 Å². The Morgan fingerprint density at radius 1 is 1.05 bits per heavy atom. The van der Waals surface area contributed by atoms with Gasteiger partial charge in [0.05, 0.1) is 6.04 Å². The zero-order valence-electron chi connectivity index (χ0n) is 16.7. The Morgan fingerprint density at radius 2 is 1.35 bits per heavy atom. The molecule has 14 heteroatoms. The molecule has 1 unspecified atom stereocenters. The van der Waals surface area contributed by atoms with Gasteiger partial charge in [-0.05, 0) is 6.42 Å². The van der Waals surface area contributed by atoms with E-state index in [9.17, 15) is 16.8 Å². The van der Waals surface area contributed by atoms with Gasteiger partial charge < -0.3 is 11.4 Å². The quantitative estimate of drug-likeness (QED) is 0.264. The zero-order chi connectivity index (χ0) is 13.2. The minimum absolute atomic E-state index is 0. The minimum atomic E-state index is -5.24. The molecule has 0 fully saturated rings. The van der Waals surface area contributed by atoms with Gasteiger partial charge in [-0.2, -0.15) is 16.8 Å². The Morgan fingerprint density at radius 3 is 1.55 bits per heavy atom. The fraction of sp³-hybridized carbons (Fsp3) is 1.00. The molecule has 0 spiro atoms. The zero-order valence-corrected chi connectivity index (χ0v) is 22.3. The maximum absolute atomic E-state index is 10.9. The number of nitrogens with two attached hydrogens (primary N) is 2. The van der Waals surface area contributed by atoms with E-state index >= 15 is 0 Å². The summed E-state index contributed by atoms with van der Waals surface area (Å²) >= 11 is 0. The van der Waals surface area contributed by atoms with Gasteiger partial charge in [0, 0.05) is 0 Å². The van der Waals surface area contributed by atoms with Crippen LogP contribution in [0.2, 0.25) is 0 Å². The molecule has 1 atom stereocenters. The summed E-state index contributed by atoms with van der Waals surface area (Å²) in [4.78, 5) is 0. The average molecular weight is 372 g/mol. The third-order valence-corrected chi connectivity index (χ3v) is 5.67. The van der Waals surface area contributed by atoms with E-state index in [1.807, 2.05) is 0 Å². The third-order valence-electron chi connectivity index (χ3n) is 2.19. The molecular formula is C6H20N2Na4O6S2. The van der Waals surface area contributed by atoms with Crippen molar-refractivity contribution in [2.75, 3.05) is 0 Å². The molecule has 20 heavy (non-hydrogen) atoms. The number of unbranched alkanes of at least 4 members (excludes halogenated alkanes) is 1. The summed E-state index contributed by atoms with van der Waals surface area (Å²) in [7, 11) is -10.5. The predicted molar refractivity (Wildman–Crippen MR) is 62.0 cm³/mol. The second kappa shape index (κ2) is 14.0. The van der Waals surface area contributed by atoms with Gasteiger partial charge in [0.15, 0.2) is 0 Å². The Balaban J connectivity index is -0.0000000402. The van der Waals surface area contributed by atoms with Crippen molar-refractivity contribution in [3.63, 3.8) is 0 Å². The molecule has 0 saturated carbocycles. The normalized spacial score (nSPS) is 12.8. The fourth-order valence-corrected chi connectivity index (χ4v) is 3.21. The molecule has 0 aromatic rings. The summed E-state index contributed by atoms with van der Waals surface area (Å²) in [5.41, 5.74) is 10.3. The van der Waals surface area contributed by atoms with Gasteiger partial charge in [-0.1, -0.05) is 19.8 Å². The van der Waals surface area contributed by atoms with Crippen molar-refractivity contribution in [2.45, 2.75) is 36.4 Å². The van der Waals surface area contributed by atoms with Crippen LogP contribution in [0, 0.1) is 0 Å². The first-order valence-electron chi connectivity index (χ1n) is 4.47. The van der Waals surface area contributed by atoms with E-state index in [0.717, 1.165) is 0 Å². The van der Waals surface area contributed by atoms with Crippen LogP contribution in [0.3, 0.4) is 0 Å². The van der Waals surface area contributed by atoms with Gasteiger partial charge in [-0.3, -0.25) is 14.8 Å². The molecule has 6 N–H and O–H groups in total. The van der Waals surface area contributed by atoms with Crippen molar-refractivity contribution in [2.24, 2.45) is 11.5 Å². The summed E-state index contributed by atoms with van der Waals surface area (Å²) < 4.78 is 57.9. The molecule has 0 rings (SSSR count). The molecule has 0 aliphatic heterocycles. The number of rotatable bonds is 6. The topological polar surface area (TPSA) is 161 Å². The van der Waals surface area contributed by atoms with Crippen LogP contribution in [0.5, 0.6) is 0 Å². The largest absolute Gasteiger partial charge is 1.00 e. The second-order valence-electron chi connectivity index (χ2n) is 3.42. The molecule has 106 valence electrons. The summed E-state index contributed by atoms with van der Waals surface area (Å²) in [5, 5.41) is 0. The van der Waals surface area contributed by atoms with E-state index < -0.39 is 30.5 Å². The van der Waals surface area contributed by atoms with Gasteiger partial charge in [-0.15, -0.1) is 0 Å². The SMILES string of the molecule is CCCCC(N)C(N)(S(=O)(=O)O)S(=O)(=O)O.[H-].[H-].[H-].[H-].[Na+].[Na+].[Na+].[Na+]. The molecular weight excluding hydrogens is 352 g/mol. The van der Waals surface area contributed by atoms with Gasteiger partial charge in [0.1, 0.15) is 0 Å². The predicted octanol–water partition coefficient (Wildman–Crippen LogP) is -12.6.